The van der Waals surface area contributed by atoms with E-state index in [1.54, 1.807) is 27.7 Å². The van der Waals surface area contributed by atoms with Gasteiger partial charge in [-0.15, -0.1) is 0 Å². The van der Waals surface area contributed by atoms with Gasteiger partial charge < -0.3 is 5.11 Å². The Morgan fingerprint density at radius 1 is 1.18 bits per heavy atom. The summed E-state index contributed by atoms with van der Waals surface area (Å²) >= 11 is 0. The van der Waals surface area contributed by atoms with Crippen LogP contribution in [0.1, 0.15) is 41.5 Å². The summed E-state index contributed by atoms with van der Waals surface area (Å²) in [6.45, 7) is 9.42. The van der Waals surface area contributed by atoms with Crippen LogP contribution in [0.3, 0.4) is 0 Å². The molecular weight excluding hydrogens is 244 g/mol. The number of carboxylic acid groups (broad SMARTS) is 1. The van der Waals surface area contributed by atoms with E-state index in [2.05, 4.69) is 9.44 Å². The molecule has 0 atom stereocenters. The van der Waals surface area contributed by atoms with Crippen molar-refractivity contribution in [2.24, 2.45) is 5.41 Å². The molecule has 7 heteroatoms. The topological polar surface area (TPSA) is 95.5 Å². The first-order valence-electron chi connectivity index (χ1n) is 5.36. The quantitative estimate of drug-likeness (QED) is 0.659. The number of carboxylic acids is 1. The van der Waals surface area contributed by atoms with E-state index in [4.69, 9.17) is 5.11 Å². The highest BCUT2D eigenvalue weighted by Crippen LogP contribution is 2.31. The number of carbonyl (C=O) groups is 1. The number of rotatable bonds is 6. The first-order valence-corrected chi connectivity index (χ1v) is 6.85. The molecule has 0 spiro atoms. The van der Waals surface area contributed by atoms with Crippen LogP contribution >= 0.6 is 0 Å². The highest BCUT2D eigenvalue weighted by atomic mass is 32.2. The molecule has 0 bridgehead atoms. The van der Waals surface area contributed by atoms with E-state index < -0.39 is 27.1 Å². The van der Waals surface area contributed by atoms with Crippen molar-refractivity contribution >= 4 is 16.2 Å². The van der Waals surface area contributed by atoms with Gasteiger partial charge in [0, 0.05) is 11.6 Å². The number of hydrogen-bond acceptors (Lipinski definition) is 3. The van der Waals surface area contributed by atoms with Gasteiger partial charge in [0.1, 0.15) is 0 Å². The Bertz CT molecular complexity index is 385. The summed E-state index contributed by atoms with van der Waals surface area (Å²) in [5.74, 6) is -1.06. The monoisotopic (exact) mass is 266 g/mol. The molecule has 0 saturated heterocycles. The normalized spacial score (nSPS) is 14.1. The molecule has 0 aromatic rings. The van der Waals surface area contributed by atoms with Crippen molar-refractivity contribution < 1.29 is 18.3 Å². The minimum atomic E-state index is -3.72. The van der Waals surface area contributed by atoms with Crippen molar-refractivity contribution in [3.63, 3.8) is 0 Å². The number of aliphatic carboxylic acids is 1. The van der Waals surface area contributed by atoms with Crippen LogP contribution in [0.25, 0.3) is 0 Å². The van der Waals surface area contributed by atoms with Crippen molar-refractivity contribution in [3.05, 3.63) is 0 Å². The van der Waals surface area contributed by atoms with E-state index >= 15 is 0 Å². The van der Waals surface area contributed by atoms with Gasteiger partial charge in [0.2, 0.25) is 0 Å². The minimum Gasteiger partial charge on any atom is -0.481 e. The lowest BCUT2D eigenvalue weighted by Crippen LogP contribution is -2.59. The fourth-order valence-electron chi connectivity index (χ4n) is 1.07. The van der Waals surface area contributed by atoms with E-state index in [0.29, 0.717) is 0 Å². The summed E-state index contributed by atoms with van der Waals surface area (Å²) in [5.41, 5.74) is -2.34. The molecule has 0 aliphatic heterocycles. The highest BCUT2D eigenvalue weighted by molar-refractivity contribution is 7.87. The SMILES string of the molecule is CC(C)NS(=O)(=O)NC(C)(C)C(C)(C)C(=O)O. The van der Waals surface area contributed by atoms with Gasteiger partial charge in [-0.2, -0.15) is 17.9 Å². The third-order valence-corrected chi connectivity index (χ3v) is 4.44. The van der Waals surface area contributed by atoms with Crippen LogP contribution in [-0.2, 0) is 15.0 Å². The van der Waals surface area contributed by atoms with Crippen LogP contribution in [-0.4, -0.2) is 31.1 Å². The molecule has 0 aliphatic carbocycles. The second kappa shape index (κ2) is 4.91. The zero-order valence-corrected chi connectivity index (χ0v) is 12.0. The summed E-state index contributed by atoms with van der Waals surface area (Å²) < 4.78 is 28.1. The Morgan fingerprint density at radius 3 is 1.88 bits per heavy atom. The van der Waals surface area contributed by atoms with E-state index in [-0.39, 0.29) is 6.04 Å². The van der Waals surface area contributed by atoms with Gasteiger partial charge in [-0.05, 0) is 41.5 Å². The largest absolute Gasteiger partial charge is 0.481 e. The summed E-state index contributed by atoms with van der Waals surface area (Å²) in [6.07, 6.45) is 0. The molecule has 0 heterocycles. The predicted octanol–water partition coefficient (Wildman–Crippen LogP) is 0.708. The van der Waals surface area contributed by atoms with Gasteiger partial charge in [0.05, 0.1) is 5.41 Å². The van der Waals surface area contributed by atoms with Crippen LogP contribution in [0, 0.1) is 5.41 Å². The maximum absolute atomic E-state index is 11.7. The van der Waals surface area contributed by atoms with Crippen LogP contribution < -0.4 is 9.44 Å². The molecule has 3 N–H and O–H groups in total. The lowest BCUT2D eigenvalue weighted by atomic mass is 9.75. The molecule has 0 radical (unpaired) electrons. The number of hydrogen-bond donors (Lipinski definition) is 3. The molecule has 0 unspecified atom stereocenters. The Kier molecular flexibility index (Phi) is 4.72. The molecule has 0 aromatic carbocycles. The molecule has 0 aliphatic rings. The zero-order chi connectivity index (χ0) is 14.1. The molecule has 0 saturated carbocycles. The van der Waals surface area contributed by atoms with Gasteiger partial charge in [0.25, 0.3) is 10.2 Å². The lowest BCUT2D eigenvalue weighted by Gasteiger charge is -2.38. The van der Waals surface area contributed by atoms with Crippen molar-refractivity contribution in [2.75, 3.05) is 0 Å². The molecule has 0 rings (SSSR count). The Morgan fingerprint density at radius 2 is 1.59 bits per heavy atom. The summed E-state index contributed by atoms with van der Waals surface area (Å²) in [7, 11) is -3.72. The fraction of sp³-hybridized carbons (Fsp3) is 0.900. The Hall–Kier alpha value is -0.660. The van der Waals surface area contributed by atoms with Gasteiger partial charge in [-0.3, -0.25) is 4.79 Å². The zero-order valence-electron chi connectivity index (χ0n) is 11.2. The molecule has 102 valence electrons. The Balaban J connectivity index is 5.07. The molecule has 6 nitrogen and oxygen atoms in total. The van der Waals surface area contributed by atoms with E-state index in [1.807, 2.05) is 0 Å². The van der Waals surface area contributed by atoms with Crippen LogP contribution in [0.5, 0.6) is 0 Å². The second-order valence-corrected chi connectivity index (χ2v) is 6.88. The molecule has 0 aromatic heterocycles. The van der Waals surface area contributed by atoms with Gasteiger partial charge in [0.15, 0.2) is 0 Å². The number of nitrogens with one attached hydrogen (secondary N) is 2. The fourth-order valence-corrected chi connectivity index (χ4v) is 2.68. The first-order chi connectivity index (χ1) is 7.32. The standard InChI is InChI=1S/C10H22N2O4S/c1-7(2)11-17(15,16)12-10(5,6)9(3,4)8(13)14/h7,11-12H,1-6H3,(H,13,14). The second-order valence-electron chi connectivity index (χ2n) is 5.43. The maximum Gasteiger partial charge on any atom is 0.310 e. The maximum atomic E-state index is 11.7. The van der Waals surface area contributed by atoms with Gasteiger partial charge >= 0.3 is 5.97 Å². The van der Waals surface area contributed by atoms with Crippen molar-refractivity contribution in [1.82, 2.24) is 9.44 Å². The highest BCUT2D eigenvalue weighted by Gasteiger charge is 2.45. The van der Waals surface area contributed by atoms with Crippen LogP contribution in [0.2, 0.25) is 0 Å². The third-order valence-electron chi connectivity index (χ3n) is 2.88. The van der Waals surface area contributed by atoms with E-state index in [0.717, 1.165) is 0 Å². The van der Waals surface area contributed by atoms with Crippen molar-refractivity contribution in [2.45, 2.75) is 53.1 Å². The average molecular weight is 266 g/mol. The van der Waals surface area contributed by atoms with Crippen molar-refractivity contribution in [1.29, 1.82) is 0 Å². The summed E-state index contributed by atoms with van der Waals surface area (Å²) in [4.78, 5) is 11.1. The van der Waals surface area contributed by atoms with Gasteiger partial charge in [-0.25, -0.2) is 0 Å². The molecule has 0 fully saturated rings. The minimum absolute atomic E-state index is 0.253. The lowest BCUT2D eigenvalue weighted by molar-refractivity contribution is -0.150. The molecule has 17 heavy (non-hydrogen) atoms. The molecule has 0 amide bonds. The van der Waals surface area contributed by atoms with Crippen LogP contribution in [0.4, 0.5) is 0 Å². The summed E-state index contributed by atoms with van der Waals surface area (Å²) in [6, 6.07) is -0.253. The smallest absolute Gasteiger partial charge is 0.310 e. The van der Waals surface area contributed by atoms with E-state index in [1.165, 1.54) is 13.8 Å². The van der Waals surface area contributed by atoms with Crippen LogP contribution in [0.15, 0.2) is 0 Å². The van der Waals surface area contributed by atoms with Gasteiger partial charge in [-0.1, -0.05) is 0 Å². The van der Waals surface area contributed by atoms with Crippen molar-refractivity contribution in [3.8, 4) is 0 Å². The molecular formula is C10H22N2O4S. The average Bonchev–Trinajstić information content (AvgIpc) is 1.97. The Labute approximate surface area is 103 Å². The third kappa shape index (κ3) is 4.25. The van der Waals surface area contributed by atoms with E-state index in [9.17, 15) is 13.2 Å². The summed E-state index contributed by atoms with van der Waals surface area (Å²) in [5, 5.41) is 9.10. The predicted molar refractivity (Wildman–Crippen MR) is 65.8 cm³/mol. The first kappa shape index (κ1) is 16.3.